The number of hydrogen-bond acceptors (Lipinski definition) is 7. The molecule has 0 radical (unpaired) electrons. The molecule has 1 aliphatic rings. The Balaban J connectivity index is 1.89. The van der Waals surface area contributed by atoms with Gasteiger partial charge < -0.3 is 14.6 Å². The minimum Gasteiger partial charge on any atom is -0.504 e. The quantitative estimate of drug-likeness (QED) is 0.396. The van der Waals surface area contributed by atoms with Crippen molar-refractivity contribution < 1.29 is 24.3 Å². The van der Waals surface area contributed by atoms with Crippen molar-refractivity contribution >= 4 is 23.6 Å². The van der Waals surface area contributed by atoms with Gasteiger partial charge in [-0.1, -0.05) is 6.07 Å². The fourth-order valence-corrected chi connectivity index (χ4v) is 2.21. The molecule has 3 rings (SSSR count). The summed E-state index contributed by atoms with van der Waals surface area (Å²) in [6.07, 6.45) is 1.46. The van der Waals surface area contributed by atoms with E-state index in [1.165, 1.54) is 43.5 Å². The summed E-state index contributed by atoms with van der Waals surface area (Å²) in [6, 6.07) is 10.1. The van der Waals surface area contributed by atoms with Gasteiger partial charge in [-0.3, -0.25) is 10.1 Å². The maximum Gasteiger partial charge on any atom is 0.363 e. The number of phenolic OH excluding ortho intramolecular Hbond substituents is 1. The first-order valence-electron chi connectivity index (χ1n) is 7.12. The van der Waals surface area contributed by atoms with Gasteiger partial charge in [0.1, 0.15) is 0 Å². The summed E-state index contributed by atoms with van der Waals surface area (Å²) in [5, 5.41) is 20.4. The largest absolute Gasteiger partial charge is 0.504 e. The summed E-state index contributed by atoms with van der Waals surface area (Å²) < 4.78 is 10.0. The van der Waals surface area contributed by atoms with Gasteiger partial charge in [0.05, 0.1) is 12.0 Å². The Morgan fingerprint density at radius 3 is 2.56 bits per heavy atom. The number of aliphatic imine (C=N–C) groups is 1. The van der Waals surface area contributed by atoms with Crippen LogP contribution in [0.2, 0.25) is 0 Å². The molecule has 2 aromatic rings. The van der Waals surface area contributed by atoms with E-state index >= 15 is 0 Å². The molecule has 1 N–H and O–H groups in total. The second-order valence-corrected chi connectivity index (χ2v) is 5.07. The number of rotatable bonds is 4. The van der Waals surface area contributed by atoms with E-state index in [-0.39, 0.29) is 23.0 Å². The normalized spacial score (nSPS) is 15.0. The van der Waals surface area contributed by atoms with Gasteiger partial charge in [-0.2, -0.15) is 0 Å². The van der Waals surface area contributed by atoms with Crippen LogP contribution in [0.5, 0.6) is 11.5 Å². The van der Waals surface area contributed by atoms with Gasteiger partial charge in [-0.05, 0) is 35.9 Å². The number of nitro groups is 1. The molecule has 0 atom stereocenters. The minimum atomic E-state index is -0.649. The number of nitrogens with zero attached hydrogens (tertiary/aromatic N) is 2. The van der Waals surface area contributed by atoms with Crippen LogP contribution >= 0.6 is 0 Å². The van der Waals surface area contributed by atoms with Crippen LogP contribution in [0.15, 0.2) is 53.2 Å². The molecule has 0 amide bonds. The van der Waals surface area contributed by atoms with Crippen LogP contribution in [0.3, 0.4) is 0 Å². The number of hydrogen-bond donors (Lipinski definition) is 1. The number of carbonyl (C=O) groups excluding carboxylic acids is 1. The number of non-ortho nitro benzene ring substituents is 1. The second kappa shape index (κ2) is 6.44. The van der Waals surface area contributed by atoms with Crippen molar-refractivity contribution in [3.8, 4) is 11.5 Å². The zero-order chi connectivity index (χ0) is 18.0. The first kappa shape index (κ1) is 16.2. The molecule has 0 unspecified atom stereocenters. The SMILES string of the molecule is COc1ccc(/C=C2/N=C(c3ccc([N+](=O)[O-])cc3)OC2=O)cc1O. The highest BCUT2D eigenvalue weighted by Crippen LogP contribution is 2.28. The van der Waals surface area contributed by atoms with E-state index in [2.05, 4.69) is 4.99 Å². The third-order valence-corrected chi connectivity index (χ3v) is 3.45. The third kappa shape index (κ3) is 3.32. The fourth-order valence-electron chi connectivity index (χ4n) is 2.21. The summed E-state index contributed by atoms with van der Waals surface area (Å²) in [7, 11) is 1.43. The van der Waals surface area contributed by atoms with Crippen LogP contribution in [-0.2, 0) is 9.53 Å². The Morgan fingerprint density at radius 2 is 1.96 bits per heavy atom. The maximum atomic E-state index is 11.9. The van der Waals surface area contributed by atoms with Crippen molar-refractivity contribution in [2.75, 3.05) is 7.11 Å². The molecule has 0 spiro atoms. The van der Waals surface area contributed by atoms with E-state index in [0.29, 0.717) is 16.9 Å². The number of esters is 1. The predicted octanol–water partition coefficient (Wildman–Crippen LogP) is 2.65. The molecular weight excluding hydrogens is 328 g/mol. The fraction of sp³-hybridized carbons (Fsp3) is 0.0588. The highest BCUT2D eigenvalue weighted by atomic mass is 16.6. The summed E-state index contributed by atoms with van der Waals surface area (Å²) in [4.78, 5) is 26.2. The van der Waals surface area contributed by atoms with E-state index in [9.17, 15) is 20.0 Å². The van der Waals surface area contributed by atoms with Crippen molar-refractivity contribution in [3.63, 3.8) is 0 Å². The molecule has 8 heteroatoms. The van der Waals surface area contributed by atoms with E-state index in [4.69, 9.17) is 9.47 Å². The molecule has 0 bridgehead atoms. The van der Waals surface area contributed by atoms with Crippen molar-refractivity contribution in [2.24, 2.45) is 4.99 Å². The summed E-state index contributed by atoms with van der Waals surface area (Å²) in [5.74, 6) is -0.346. The number of carbonyl (C=O) groups is 1. The molecule has 0 aliphatic carbocycles. The lowest BCUT2D eigenvalue weighted by Gasteiger charge is -2.03. The molecule has 126 valence electrons. The lowest BCUT2D eigenvalue weighted by molar-refractivity contribution is -0.384. The monoisotopic (exact) mass is 340 g/mol. The number of ether oxygens (including phenoxy) is 2. The molecule has 8 nitrogen and oxygen atoms in total. The minimum absolute atomic E-state index is 0.0536. The summed E-state index contributed by atoms with van der Waals surface area (Å²) in [6.45, 7) is 0. The number of benzene rings is 2. The van der Waals surface area contributed by atoms with Crippen molar-refractivity contribution in [1.82, 2.24) is 0 Å². The number of cyclic esters (lactones) is 1. The van der Waals surface area contributed by atoms with Gasteiger partial charge in [0, 0.05) is 17.7 Å². The van der Waals surface area contributed by atoms with Crippen LogP contribution < -0.4 is 4.74 Å². The Hall–Kier alpha value is -3.68. The Kier molecular flexibility index (Phi) is 4.17. The van der Waals surface area contributed by atoms with Gasteiger partial charge in [0.25, 0.3) is 5.69 Å². The lowest BCUT2D eigenvalue weighted by Crippen LogP contribution is -2.05. The van der Waals surface area contributed by atoms with Crippen molar-refractivity contribution in [3.05, 3.63) is 69.4 Å². The summed E-state index contributed by atoms with van der Waals surface area (Å²) in [5.41, 5.74) is 0.968. The average molecular weight is 340 g/mol. The molecule has 0 saturated heterocycles. The predicted molar refractivity (Wildman–Crippen MR) is 88.4 cm³/mol. The smallest absolute Gasteiger partial charge is 0.363 e. The number of phenols is 1. The molecule has 1 aliphatic heterocycles. The Bertz CT molecular complexity index is 915. The van der Waals surface area contributed by atoms with E-state index in [1.54, 1.807) is 12.1 Å². The van der Waals surface area contributed by atoms with Gasteiger partial charge in [-0.15, -0.1) is 0 Å². The molecule has 1 heterocycles. The number of aromatic hydroxyl groups is 1. The van der Waals surface area contributed by atoms with E-state index in [1.807, 2.05) is 0 Å². The van der Waals surface area contributed by atoms with E-state index < -0.39 is 10.9 Å². The van der Waals surface area contributed by atoms with Gasteiger partial charge in [0.2, 0.25) is 5.90 Å². The molecule has 0 saturated carbocycles. The second-order valence-electron chi connectivity index (χ2n) is 5.07. The maximum absolute atomic E-state index is 11.9. The first-order valence-corrected chi connectivity index (χ1v) is 7.12. The molecule has 2 aromatic carbocycles. The standard InChI is InChI=1S/C17H12N2O6/c1-24-15-7-2-10(9-14(15)20)8-13-17(21)25-16(18-13)11-3-5-12(6-4-11)19(22)23/h2-9,20H,1H3/b13-8+. The molecule has 25 heavy (non-hydrogen) atoms. The zero-order valence-corrected chi connectivity index (χ0v) is 13.0. The van der Waals surface area contributed by atoms with Crippen LogP contribution in [-0.4, -0.2) is 29.0 Å². The first-order chi connectivity index (χ1) is 12.0. The Labute approximate surface area is 141 Å². The van der Waals surface area contributed by atoms with Crippen molar-refractivity contribution in [1.29, 1.82) is 0 Å². The van der Waals surface area contributed by atoms with Crippen LogP contribution in [0.25, 0.3) is 6.08 Å². The highest BCUT2D eigenvalue weighted by molar-refractivity contribution is 6.12. The van der Waals surface area contributed by atoms with Gasteiger partial charge in [-0.25, -0.2) is 9.79 Å². The average Bonchev–Trinajstić information content (AvgIpc) is 2.96. The summed E-state index contributed by atoms with van der Waals surface area (Å²) >= 11 is 0. The topological polar surface area (TPSA) is 111 Å². The van der Waals surface area contributed by atoms with Crippen LogP contribution in [0.1, 0.15) is 11.1 Å². The Morgan fingerprint density at radius 1 is 1.24 bits per heavy atom. The third-order valence-electron chi connectivity index (χ3n) is 3.45. The van der Waals surface area contributed by atoms with Gasteiger partial charge in [0.15, 0.2) is 17.2 Å². The van der Waals surface area contributed by atoms with Crippen LogP contribution in [0, 0.1) is 10.1 Å². The zero-order valence-electron chi connectivity index (χ0n) is 13.0. The van der Waals surface area contributed by atoms with E-state index in [0.717, 1.165) is 0 Å². The molecular formula is C17H12N2O6. The lowest BCUT2D eigenvalue weighted by atomic mass is 10.1. The number of nitro benzene ring substituents is 1. The van der Waals surface area contributed by atoms with Crippen LogP contribution in [0.4, 0.5) is 5.69 Å². The highest BCUT2D eigenvalue weighted by Gasteiger charge is 2.24. The number of methoxy groups -OCH3 is 1. The van der Waals surface area contributed by atoms with Crippen molar-refractivity contribution in [2.45, 2.75) is 0 Å². The molecule has 0 fully saturated rings. The van der Waals surface area contributed by atoms with Gasteiger partial charge >= 0.3 is 5.97 Å². The molecule has 0 aromatic heterocycles.